The molecule has 116 valence electrons. The number of pyridine rings is 1. The zero-order valence-electron chi connectivity index (χ0n) is 12.7. The summed E-state index contributed by atoms with van der Waals surface area (Å²) < 4.78 is 0. The Labute approximate surface area is 130 Å². The normalized spacial score (nSPS) is 18.5. The number of rotatable bonds is 4. The van der Waals surface area contributed by atoms with Crippen molar-refractivity contribution in [1.29, 1.82) is 5.26 Å². The van der Waals surface area contributed by atoms with Crippen LogP contribution in [-0.4, -0.2) is 40.8 Å². The van der Waals surface area contributed by atoms with Crippen molar-refractivity contribution in [2.45, 2.75) is 38.6 Å². The van der Waals surface area contributed by atoms with Gasteiger partial charge in [0.1, 0.15) is 11.8 Å². The summed E-state index contributed by atoms with van der Waals surface area (Å²) in [6.45, 7) is 3.50. The molecule has 1 aromatic heterocycles. The van der Waals surface area contributed by atoms with E-state index in [1.807, 2.05) is 17.9 Å². The molecule has 1 fully saturated rings. The molecular weight excluding hydrogens is 280 g/mol. The van der Waals surface area contributed by atoms with Crippen LogP contribution < -0.4 is 5.32 Å². The number of hydrogen-bond donors (Lipinski definition) is 1. The molecule has 0 aromatic carbocycles. The molecule has 0 spiro atoms. The lowest BCUT2D eigenvalue weighted by atomic mass is 10.1. The average Bonchev–Trinajstić information content (AvgIpc) is 2.71. The van der Waals surface area contributed by atoms with E-state index in [0.717, 1.165) is 19.4 Å². The zero-order valence-corrected chi connectivity index (χ0v) is 12.7. The molecule has 1 N–H and O–H groups in total. The molecule has 1 unspecified atom stereocenters. The predicted octanol–water partition coefficient (Wildman–Crippen LogP) is 1.47. The fourth-order valence-corrected chi connectivity index (χ4v) is 2.59. The van der Waals surface area contributed by atoms with Gasteiger partial charge in [0.2, 0.25) is 5.91 Å². The first-order valence-electron chi connectivity index (χ1n) is 7.58. The first-order valence-corrected chi connectivity index (χ1v) is 7.58. The highest BCUT2D eigenvalue weighted by Gasteiger charge is 2.23. The van der Waals surface area contributed by atoms with Crippen molar-refractivity contribution in [1.82, 2.24) is 15.2 Å². The topological polar surface area (TPSA) is 86.1 Å². The number of likely N-dealkylation sites (tertiary alicyclic amines) is 1. The van der Waals surface area contributed by atoms with Crippen molar-refractivity contribution in [3.05, 3.63) is 29.6 Å². The van der Waals surface area contributed by atoms with Crippen molar-refractivity contribution in [2.75, 3.05) is 13.1 Å². The van der Waals surface area contributed by atoms with Gasteiger partial charge in [-0.25, -0.2) is 4.98 Å². The third-order valence-electron chi connectivity index (χ3n) is 3.77. The highest BCUT2D eigenvalue weighted by Crippen LogP contribution is 2.13. The molecule has 1 aliphatic heterocycles. The van der Waals surface area contributed by atoms with Gasteiger partial charge in [0.25, 0.3) is 5.91 Å². The van der Waals surface area contributed by atoms with Gasteiger partial charge in [-0.05, 0) is 31.4 Å². The number of amides is 2. The summed E-state index contributed by atoms with van der Waals surface area (Å²) in [5.41, 5.74) is 0.644. The van der Waals surface area contributed by atoms with Crippen LogP contribution in [0.25, 0.3) is 0 Å². The lowest BCUT2D eigenvalue weighted by molar-refractivity contribution is -0.130. The van der Waals surface area contributed by atoms with Gasteiger partial charge in [0, 0.05) is 37.3 Å². The second-order valence-electron chi connectivity index (χ2n) is 5.42. The molecular formula is C16H20N4O2. The Balaban J connectivity index is 1.97. The molecule has 0 saturated carbocycles. The van der Waals surface area contributed by atoms with Gasteiger partial charge in [0.15, 0.2) is 0 Å². The zero-order chi connectivity index (χ0) is 15.9. The molecule has 0 bridgehead atoms. The SMILES string of the molecule is CCCN1CCC(NC(=O)c2ccnc(C#N)c2)CCC1=O. The number of aromatic nitrogens is 1. The van der Waals surface area contributed by atoms with E-state index >= 15 is 0 Å². The lowest BCUT2D eigenvalue weighted by Crippen LogP contribution is -2.36. The van der Waals surface area contributed by atoms with E-state index in [0.29, 0.717) is 24.9 Å². The standard InChI is InChI=1S/C16H20N4O2/c1-2-8-20-9-6-13(3-4-15(20)21)19-16(22)12-5-7-18-14(10-12)11-17/h5,7,10,13H,2-4,6,8-9H2,1H3,(H,19,22). The number of hydrogen-bond acceptors (Lipinski definition) is 4. The first-order chi connectivity index (χ1) is 10.6. The maximum Gasteiger partial charge on any atom is 0.251 e. The van der Waals surface area contributed by atoms with Crippen molar-refractivity contribution < 1.29 is 9.59 Å². The maximum atomic E-state index is 12.2. The Morgan fingerprint density at radius 1 is 1.55 bits per heavy atom. The molecule has 1 aromatic rings. The molecule has 6 nitrogen and oxygen atoms in total. The molecule has 1 atom stereocenters. The van der Waals surface area contributed by atoms with E-state index in [9.17, 15) is 9.59 Å². The average molecular weight is 300 g/mol. The van der Waals surface area contributed by atoms with Crippen LogP contribution in [0.3, 0.4) is 0 Å². The number of carbonyl (C=O) groups excluding carboxylic acids is 2. The van der Waals surface area contributed by atoms with Crippen LogP contribution in [-0.2, 0) is 4.79 Å². The summed E-state index contributed by atoms with van der Waals surface area (Å²) in [4.78, 5) is 29.9. The Morgan fingerprint density at radius 2 is 2.36 bits per heavy atom. The number of nitrogens with zero attached hydrogens (tertiary/aromatic N) is 3. The van der Waals surface area contributed by atoms with Crippen LogP contribution in [0.15, 0.2) is 18.3 Å². The maximum absolute atomic E-state index is 12.2. The number of nitrogens with one attached hydrogen (secondary N) is 1. The molecule has 1 saturated heterocycles. The Bertz CT molecular complexity index is 594. The molecule has 2 rings (SSSR count). The van der Waals surface area contributed by atoms with E-state index < -0.39 is 0 Å². The number of carbonyl (C=O) groups is 2. The highest BCUT2D eigenvalue weighted by atomic mass is 16.2. The first kappa shape index (κ1) is 16.0. The third kappa shape index (κ3) is 4.04. The fourth-order valence-electron chi connectivity index (χ4n) is 2.59. The minimum absolute atomic E-state index is 0.0167. The fraction of sp³-hybridized carbons (Fsp3) is 0.500. The number of nitriles is 1. The predicted molar refractivity (Wildman–Crippen MR) is 80.9 cm³/mol. The van der Waals surface area contributed by atoms with Gasteiger partial charge in [-0.3, -0.25) is 9.59 Å². The van der Waals surface area contributed by atoms with Gasteiger partial charge in [-0.1, -0.05) is 6.92 Å². The second-order valence-corrected chi connectivity index (χ2v) is 5.42. The molecule has 0 radical (unpaired) electrons. The Morgan fingerprint density at radius 3 is 3.09 bits per heavy atom. The van der Waals surface area contributed by atoms with Crippen LogP contribution in [0.5, 0.6) is 0 Å². The molecule has 6 heteroatoms. The van der Waals surface area contributed by atoms with Crippen molar-refractivity contribution in [3.8, 4) is 6.07 Å². The van der Waals surface area contributed by atoms with Crippen LogP contribution in [0.4, 0.5) is 0 Å². The summed E-state index contributed by atoms with van der Waals surface area (Å²) >= 11 is 0. The minimum atomic E-state index is -0.222. The van der Waals surface area contributed by atoms with Gasteiger partial charge >= 0.3 is 0 Å². The summed E-state index contributed by atoms with van der Waals surface area (Å²) in [5.74, 6) is -0.0606. The second kappa shape index (κ2) is 7.55. The smallest absolute Gasteiger partial charge is 0.251 e. The molecule has 1 aliphatic rings. The molecule has 22 heavy (non-hydrogen) atoms. The third-order valence-corrected chi connectivity index (χ3v) is 3.77. The molecule has 2 heterocycles. The van der Waals surface area contributed by atoms with Crippen LogP contribution in [0.1, 0.15) is 48.7 Å². The van der Waals surface area contributed by atoms with Crippen LogP contribution >= 0.6 is 0 Å². The van der Waals surface area contributed by atoms with E-state index in [2.05, 4.69) is 10.3 Å². The quantitative estimate of drug-likeness (QED) is 0.912. The lowest BCUT2D eigenvalue weighted by Gasteiger charge is -2.20. The Hall–Kier alpha value is -2.42. The van der Waals surface area contributed by atoms with E-state index in [1.165, 1.54) is 12.3 Å². The monoisotopic (exact) mass is 300 g/mol. The van der Waals surface area contributed by atoms with Crippen molar-refractivity contribution in [2.24, 2.45) is 0 Å². The van der Waals surface area contributed by atoms with Gasteiger partial charge < -0.3 is 10.2 Å². The Kier molecular flexibility index (Phi) is 5.48. The van der Waals surface area contributed by atoms with E-state index in [-0.39, 0.29) is 23.6 Å². The highest BCUT2D eigenvalue weighted by molar-refractivity contribution is 5.94. The van der Waals surface area contributed by atoms with E-state index in [1.54, 1.807) is 6.07 Å². The van der Waals surface area contributed by atoms with Gasteiger partial charge in [0.05, 0.1) is 0 Å². The van der Waals surface area contributed by atoms with Gasteiger partial charge in [-0.2, -0.15) is 5.26 Å². The molecule has 0 aliphatic carbocycles. The summed E-state index contributed by atoms with van der Waals surface area (Å²) in [6, 6.07) is 4.96. The summed E-state index contributed by atoms with van der Waals surface area (Å²) in [5, 5.41) is 11.8. The largest absolute Gasteiger partial charge is 0.349 e. The molecule has 2 amide bonds. The minimum Gasteiger partial charge on any atom is -0.349 e. The summed E-state index contributed by atoms with van der Waals surface area (Å²) in [7, 11) is 0. The van der Waals surface area contributed by atoms with Crippen LogP contribution in [0.2, 0.25) is 0 Å². The van der Waals surface area contributed by atoms with Crippen molar-refractivity contribution in [3.63, 3.8) is 0 Å². The summed E-state index contributed by atoms with van der Waals surface area (Å²) in [6.07, 6.45) is 4.27. The van der Waals surface area contributed by atoms with Gasteiger partial charge in [-0.15, -0.1) is 0 Å². The van der Waals surface area contributed by atoms with Crippen molar-refractivity contribution >= 4 is 11.8 Å². The van der Waals surface area contributed by atoms with E-state index in [4.69, 9.17) is 5.26 Å². The van der Waals surface area contributed by atoms with Crippen LogP contribution in [0, 0.1) is 11.3 Å².